The van der Waals surface area contributed by atoms with Gasteiger partial charge in [0.15, 0.2) is 9.84 Å². The van der Waals surface area contributed by atoms with Gasteiger partial charge in [-0.25, -0.2) is 8.42 Å². The lowest BCUT2D eigenvalue weighted by molar-refractivity contribution is 0.190. The zero-order valence-electron chi connectivity index (χ0n) is 14.0. The number of hydrogen-bond acceptors (Lipinski definition) is 4. The van der Waals surface area contributed by atoms with Crippen LogP contribution >= 0.6 is 0 Å². The summed E-state index contributed by atoms with van der Waals surface area (Å²) in [6.45, 7) is 1.93. The topological polar surface area (TPSA) is 49.4 Å². The quantitative estimate of drug-likeness (QED) is 0.898. The van der Waals surface area contributed by atoms with Gasteiger partial charge in [-0.2, -0.15) is 0 Å². The lowest BCUT2D eigenvalue weighted by Gasteiger charge is -2.32. The Kier molecular flexibility index (Phi) is 5.39. The van der Waals surface area contributed by atoms with Gasteiger partial charge in [0.25, 0.3) is 0 Å². The van der Waals surface area contributed by atoms with Crippen molar-refractivity contribution in [2.75, 3.05) is 25.9 Å². The molecule has 0 bridgehead atoms. The molecule has 1 aromatic rings. The molecule has 4 nitrogen and oxygen atoms in total. The molecule has 0 radical (unpaired) electrons. The van der Waals surface area contributed by atoms with Crippen LogP contribution in [0.4, 0.5) is 0 Å². The predicted octanol–water partition coefficient (Wildman–Crippen LogP) is 2.76. The van der Waals surface area contributed by atoms with E-state index in [4.69, 9.17) is 0 Å². The molecule has 0 unspecified atom stereocenters. The highest BCUT2D eigenvalue weighted by molar-refractivity contribution is 7.91. The molecule has 128 valence electrons. The number of hydrogen-bond donors (Lipinski definition) is 1. The van der Waals surface area contributed by atoms with Crippen molar-refractivity contribution < 1.29 is 8.42 Å². The van der Waals surface area contributed by atoms with Gasteiger partial charge in [-0.05, 0) is 37.9 Å². The minimum atomic E-state index is -3.08. The van der Waals surface area contributed by atoms with E-state index in [0.717, 1.165) is 24.7 Å². The van der Waals surface area contributed by atoms with Crippen molar-refractivity contribution in [3.8, 4) is 0 Å². The summed E-state index contributed by atoms with van der Waals surface area (Å²) in [6, 6.07) is 8.33. The Hall–Kier alpha value is -0.910. The normalized spacial score (nSPS) is 24.5. The van der Waals surface area contributed by atoms with E-state index in [1.165, 1.54) is 32.1 Å². The minimum Gasteiger partial charge on any atom is -0.309 e. The van der Waals surface area contributed by atoms with Gasteiger partial charge >= 0.3 is 0 Å². The third-order valence-electron chi connectivity index (χ3n) is 5.36. The van der Waals surface area contributed by atoms with Crippen LogP contribution in [0.1, 0.15) is 50.1 Å². The minimum absolute atomic E-state index is 0.162. The van der Waals surface area contributed by atoms with Crippen LogP contribution in [-0.4, -0.2) is 45.2 Å². The third kappa shape index (κ3) is 3.95. The second kappa shape index (κ2) is 7.32. The summed E-state index contributed by atoms with van der Waals surface area (Å²) >= 11 is 0. The number of nitrogens with one attached hydrogen (secondary N) is 1. The number of nitrogens with zero attached hydrogens (tertiary/aromatic N) is 1. The zero-order valence-corrected chi connectivity index (χ0v) is 14.8. The Balaban J connectivity index is 1.57. The van der Waals surface area contributed by atoms with Crippen LogP contribution in [-0.2, 0) is 9.84 Å². The maximum atomic E-state index is 12.2. The molecule has 1 saturated carbocycles. The Morgan fingerprint density at radius 2 is 1.87 bits per heavy atom. The average molecular weight is 337 g/mol. The molecule has 1 N–H and O–H groups in total. The average Bonchev–Trinajstić information content (AvgIpc) is 2.58. The highest BCUT2D eigenvalue weighted by Gasteiger charge is 2.29. The number of fused-ring (bicyclic) bond motifs is 1. The van der Waals surface area contributed by atoms with E-state index in [-0.39, 0.29) is 11.8 Å². The van der Waals surface area contributed by atoms with E-state index in [0.29, 0.717) is 11.3 Å². The highest BCUT2D eigenvalue weighted by atomic mass is 32.2. The van der Waals surface area contributed by atoms with E-state index in [1.807, 2.05) is 18.2 Å². The van der Waals surface area contributed by atoms with Crippen molar-refractivity contribution in [3.05, 3.63) is 29.8 Å². The fourth-order valence-electron chi connectivity index (χ4n) is 3.92. The van der Waals surface area contributed by atoms with Gasteiger partial charge in [-0.3, -0.25) is 0 Å². The molecule has 1 aromatic carbocycles. The van der Waals surface area contributed by atoms with E-state index >= 15 is 0 Å². The number of likely N-dealkylation sites (N-methyl/N-ethyl adjacent to an activating group) is 1. The van der Waals surface area contributed by atoms with E-state index < -0.39 is 9.84 Å². The van der Waals surface area contributed by atoms with Crippen LogP contribution < -0.4 is 5.32 Å². The van der Waals surface area contributed by atoms with Gasteiger partial charge in [0.05, 0.1) is 10.6 Å². The summed E-state index contributed by atoms with van der Waals surface area (Å²) in [7, 11) is -0.865. The molecule has 23 heavy (non-hydrogen) atoms. The summed E-state index contributed by atoms with van der Waals surface area (Å²) in [5.41, 5.74) is 0.944. The molecule has 1 aliphatic carbocycles. The fourth-order valence-corrected chi connectivity index (χ4v) is 5.54. The van der Waals surface area contributed by atoms with Gasteiger partial charge in [0, 0.05) is 25.2 Å². The van der Waals surface area contributed by atoms with Crippen LogP contribution in [0.2, 0.25) is 0 Å². The van der Waals surface area contributed by atoms with Gasteiger partial charge in [0.1, 0.15) is 0 Å². The van der Waals surface area contributed by atoms with Crippen molar-refractivity contribution in [3.63, 3.8) is 0 Å². The summed E-state index contributed by atoms with van der Waals surface area (Å²) in [4.78, 5) is 2.99. The second-order valence-electron chi connectivity index (χ2n) is 6.92. The first kappa shape index (κ1) is 16.9. The molecule has 0 amide bonds. The first-order chi connectivity index (χ1) is 11.1. The smallest absolute Gasteiger partial charge is 0.178 e. The molecular formula is C18H28N2O2S. The first-order valence-electron chi connectivity index (χ1n) is 8.83. The molecule has 0 saturated heterocycles. The van der Waals surface area contributed by atoms with Gasteiger partial charge in [0.2, 0.25) is 0 Å². The highest BCUT2D eigenvalue weighted by Crippen LogP contribution is 2.31. The molecule has 3 rings (SSSR count). The molecule has 1 fully saturated rings. The van der Waals surface area contributed by atoms with Gasteiger partial charge in [-0.1, -0.05) is 37.5 Å². The van der Waals surface area contributed by atoms with E-state index in [9.17, 15) is 8.42 Å². The molecular weight excluding hydrogens is 308 g/mol. The lowest BCUT2D eigenvalue weighted by atomic mass is 9.94. The van der Waals surface area contributed by atoms with Gasteiger partial charge in [-0.15, -0.1) is 0 Å². The van der Waals surface area contributed by atoms with Crippen molar-refractivity contribution in [1.29, 1.82) is 0 Å². The van der Waals surface area contributed by atoms with Crippen LogP contribution in [0.15, 0.2) is 29.2 Å². The second-order valence-corrected chi connectivity index (χ2v) is 9.00. The molecule has 1 atom stereocenters. The standard InChI is InChI=1S/C18H28N2O2S/c1-20(15-7-3-2-4-8-15)13-12-19-17-11-14-23(21,22)18-10-6-5-9-16(17)18/h5-6,9-10,15,17,19H,2-4,7-8,11-14H2,1H3/t17-/m1/s1. The Morgan fingerprint density at radius 3 is 2.65 bits per heavy atom. The Bertz CT molecular complexity index is 624. The maximum absolute atomic E-state index is 12.2. The first-order valence-corrected chi connectivity index (χ1v) is 10.5. The maximum Gasteiger partial charge on any atom is 0.178 e. The van der Waals surface area contributed by atoms with Gasteiger partial charge < -0.3 is 10.2 Å². The summed E-state index contributed by atoms with van der Waals surface area (Å²) in [5, 5.41) is 3.58. The fraction of sp³-hybridized carbons (Fsp3) is 0.667. The number of rotatable bonds is 5. The summed E-state index contributed by atoms with van der Waals surface area (Å²) in [5.74, 6) is 0.250. The van der Waals surface area contributed by atoms with Crippen molar-refractivity contribution in [1.82, 2.24) is 10.2 Å². The lowest BCUT2D eigenvalue weighted by Crippen LogP contribution is -2.39. The summed E-state index contributed by atoms with van der Waals surface area (Å²) < 4.78 is 24.3. The molecule has 1 heterocycles. The molecule has 2 aliphatic rings. The van der Waals surface area contributed by atoms with Crippen LogP contribution in [0.3, 0.4) is 0 Å². The van der Waals surface area contributed by atoms with Crippen molar-refractivity contribution in [2.45, 2.75) is 55.5 Å². The third-order valence-corrected chi connectivity index (χ3v) is 7.17. The van der Waals surface area contributed by atoms with E-state index in [1.54, 1.807) is 6.07 Å². The monoisotopic (exact) mass is 336 g/mol. The van der Waals surface area contributed by atoms with Crippen LogP contribution in [0.5, 0.6) is 0 Å². The van der Waals surface area contributed by atoms with E-state index in [2.05, 4.69) is 17.3 Å². The molecule has 0 aromatic heterocycles. The Labute approximate surface area is 140 Å². The molecule has 1 aliphatic heterocycles. The number of benzene rings is 1. The number of sulfone groups is 1. The van der Waals surface area contributed by atoms with Crippen molar-refractivity contribution in [2.24, 2.45) is 0 Å². The zero-order chi connectivity index (χ0) is 16.3. The van der Waals surface area contributed by atoms with Crippen molar-refractivity contribution >= 4 is 9.84 Å². The SMILES string of the molecule is CN(CCN[C@@H]1CCS(=O)(=O)c2ccccc21)C1CCCCC1. The summed E-state index contributed by atoms with van der Waals surface area (Å²) in [6.07, 6.45) is 7.41. The Morgan fingerprint density at radius 1 is 1.13 bits per heavy atom. The van der Waals surface area contributed by atoms with Crippen LogP contribution in [0, 0.1) is 0 Å². The largest absolute Gasteiger partial charge is 0.309 e. The molecule has 0 spiro atoms. The van der Waals surface area contributed by atoms with Crippen LogP contribution in [0.25, 0.3) is 0 Å². The molecule has 5 heteroatoms. The predicted molar refractivity (Wildman–Crippen MR) is 93.4 cm³/mol.